The van der Waals surface area contributed by atoms with E-state index in [0.29, 0.717) is 77.5 Å². The van der Waals surface area contributed by atoms with Crippen LogP contribution in [0.15, 0.2) is 54.6 Å². The van der Waals surface area contributed by atoms with Crippen molar-refractivity contribution in [3.8, 4) is 28.7 Å². The van der Waals surface area contributed by atoms with Gasteiger partial charge in [-0.05, 0) is 245 Å². The summed E-state index contributed by atoms with van der Waals surface area (Å²) in [6.07, 6.45) is 22.6. The molecule has 0 aromatic heterocycles. The van der Waals surface area contributed by atoms with Crippen LogP contribution in [0.4, 0.5) is 0 Å². The molecule has 4 aromatic carbocycles. The van der Waals surface area contributed by atoms with E-state index in [0.717, 1.165) is 59.1 Å². The number of hydrogen-bond donors (Lipinski definition) is 4. The van der Waals surface area contributed by atoms with Gasteiger partial charge in [0.2, 0.25) is 0 Å². The number of rotatable bonds is 19. The van der Waals surface area contributed by atoms with Crippen LogP contribution < -0.4 is 4.74 Å². The van der Waals surface area contributed by atoms with E-state index in [-0.39, 0.29) is 17.1 Å². The van der Waals surface area contributed by atoms with Crippen molar-refractivity contribution in [2.75, 3.05) is 6.61 Å². The van der Waals surface area contributed by atoms with Gasteiger partial charge in [-0.1, -0.05) is 127 Å². The van der Waals surface area contributed by atoms with E-state index in [1.165, 1.54) is 142 Å². The number of carbonyl (C=O) groups is 1. The second-order valence-electron chi connectivity index (χ2n) is 26.5. The van der Waals surface area contributed by atoms with Crippen LogP contribution in [-0.2, 0) is 14.9 Å². The van der Waals surface area contributed by atoms with E-state index in [9.17, 15) is 25.2 Å². The summed E-state index contributed by atoms with van der Waals surface area (Å²) in [5, 5.41) is 44.1. The van der Waals surface area contributed by atoms with Crippen LogP contribution in [0, 0.1) is 82.0 Å². The standard InChI is InChI=1S/C43H52O3.C26H44O4/c1-20-8-24(5)42(45)38(10-20)29-7-6-28-25-14-36(37(18-25)41(28)29)39-11-21(2)9-32(43(39)46)27-13-31-26-15-33(35(16-26)34(31)17-27)30-19-40(44)23(4)12-22(30)3;1-6-8-9-10-11-12-13-14-15-16-17-24(25(28)29-7-2)30-21-18-19-23(27)22(20-21)26(3,4)5/h8-12,19,25-29,31,33-37,41,44-46H,6-7,13-18H2,1-5H3;18-20,24,27H,6-17H2,1-5H3. The molecular weight excluding hydrogens is 941 g/mol. The lowest BCUT2D eigenvalue weighted by atomic mass is 9.68. The van der Waals surface area contributed by atoms with Gasteiger partial charge in [0.15, 0.2) is 6.10 Å². The van der Waals surface area contributed by atoms with Gasteiger partial charge in [0.1, 0.15) is 28.7 Å². The van der Waals surface area contributed by atoms with Gasteiger partial charge < -0.3 is 29.9 Å². The fourth-order valence-electron chi connectivity index (χ4n) is 17.1. The van der Waals surface area contributed by atoms with Crippen molar-refractivity contribution in [1.29, 1.82) is 0 Å². The number of hydrogen-bond acceptors (Lipinski definition) is 7. The number of aromatic hydroxyl groups is 4. The first-order valence-corrected chi connectivity index (χ1v) is 30.5. The Morgan fingerprint density at radius 3 is 1.84 bits per heavy atom. The first kappa shape index (κ1) is 56.1. The van der Waals surface area contributed by atoms with Crippen LogP contribution in [-0.4, -0.2) is 39.1 Å². The molecule has 6 aliphatic carbocycles. The number of carbonyl (C=O) groups excluding carboxylic acids is 1. The molecule has 7 heteroatoms. The maximum Gasteiger partial charge on any atom is 0.347 e. The number of ether oxygens (including phenoxy) is 2. The van der Waals surface area contributed by atoms with Crippen molar-refractivity contribution < 1.29 is 34.7 Å². The van der Waals surface area contributed by atoms with E-state index in [1.54, 1.807) is 12.1 Å². The lowest BCUT2D eigenvalue weighted by Gasteiger charge is -2.36. The number of aryl methyl sites for hydroxylation is 5. The van der Waals surface area contributed by atoms with E-state index >= 15 is 0 Å². The van der Waals surface area contributed by atoms with Gasteiger partial charge in [0.05, 0.1) is 6.61 Å². The molecule has 0 aliphatic heterocycles. The van der Waals surface area contributed by atoms with Crippen LogP contribution in [0.1, 0.15) is 236 Å². The van der Waals surface area contributed by atoms with Crippen molar-refractivity contribution >= 4 is 5.97 Å². The van der Waals surface area contributed by atoms with Crippen LogP contribution >= 0.6 is 0 Å². The summed E-state index contributed by atoms with van der Waals surface area (Å²) in [5.74, 6) is 9.74. The number of unbranched alkanes of at least 4 members (excludes halogenated alkanes) is 9. The fraction of sp³-hybridized carbons (Fsp3) is 0.638. The lowest BCUT2D eigenvalue weighted by molar-refractivity contribution is -0.151. The van der Waals surface area contributed by atoms with Gasteiger partial charge in [-0.3, -0.25) is 0 Å². The molecule has 4 N–H and O–H groups in total. The minimum absolute atomic E-state index is 0.209. The van der Waals surface area contributed by atoms with Gasteiger partial charge in [-0.15, -0.1) is 0 Å². The number of esters is 1. The quantitative estimate of drug-likeness (QED) is 0.0546. The predicted octanol–water partition coefficient (Wildman–Crippen LogP) is 17.5. The van der Waals surface area contributed by atoms with Crippen molar-refractivity contribution in [3.63, 3.8) is 0 Å². The summed E-state index contributed by atoms with van der Waals surface area (Å²) >= 11 is 0. The van der Waals surface area contributed by atoms with Crippen molar-refractivity contribution in [1.82, 2.24) is 0 Å². The molecule has 414 valence electrons. The number of fused-ring (bicyclic) bond motifs is 10. The number of benzene rings is 4. The molecule has 13 atom stereocenters. The Kier molecular flexibility index (Phi) is 17.5. The van der Waals surface area contributed by atoms with Gasteiger partial charge >= 0.3 is 5.97 Å². The van der Waals surface area contributed by atoms with Gasteiger partial charge in [0, 0.05) is 5.56 Å². The average Bonchev–Trinajstić information content (AvgIpc) is 4.40. The SMILES string of the molecule is CCCCCCCCCCCCC(Oc1ccc(O)c(C(C)(C)C)c1)C(=O)OCC.Cc1cc(C2CC3C4CC(c5cc(O)c(C)cc5C)C(C4)C3C2)c(O)c(C2CC3CC2C2C(c4cc(C)cc(C)c4O)CCC32)c1. The zero-order chi connectivity index (χ0) is 54.2. The van der Waals surface area contributed by atoms with Gasteiger partial charge in [-0.2, -0.15) is 0 Å². The fourth-order valence-corrected chi connectivity index (χ4v) is 17.1. The Bertz CT molecular complexity index is 2660. The third kappa shape index (κ3) is 11.7. The Balaban J connectivity index is 0.000000206. The van der Waals surface area contributed by atoms with E-state index in [1.807, 2.05) is 47.6 Å². The normalized spacial score (nSPS) is 28.3. The highest BCUT2D eigenvalue weighted by Gasteiger charge is 2.59. The molecule has 13 unspecified atom stereocenters. The van der Waals surface area contributed by atoms with Crippen LogP contribution in [0.5, 0.6) is 28.7 Å². The Morgan fingerprint density at radius 1 is 0.553 bits per heavy atom. The third-order valence-electron chi connectivity index (χ3n) is 20.4. The maximum absolute atomic E-state index is 12.4. The largest absolute Gasteiger partial charge is 0.508 e. The Morgan fingerprint density at radius 2 is 1.16 bits per heavy atom. The van der Waals surface area contributed by atoms with Crippen molar-refractivity contribution in [3.05, 3.63) is 110 Å². The number of phenolic OH excluding ortho intramolecular Hbond substituents is 4. The molecule has 4 bridgehead atoms. The Labute approximate surface area is 458 Å². The van der Waals surface area contributed by atoms with E-state index in [4.69, 9.17) is 9.47 Å². The van der Waals surface area contributed by atoms with Crippen LogP contribution in [0.2, 0.25) is 0 Å². The summed E-state index contributed by atoms with van der Waals surface area (Å²) < 4.78 is 11.2. The molecule has 4 aromatic rings. The number of phenols is 4. The summed E-state index contributed by atoms with van der Waals surface area (Å²) in [6, 6.07) is 18.5. The Hall–Kier alpha value is -4.65. The topological polar surface area (TPSA) is 116 Å². The summed E-state index contributed by atoms with van der Waals surface area (Å²) in [6.45, 7) is 21.2. The van der Waals surface area contributed by atoms with Crippen LogP contribution in [0.3, 0.4) is 0 Å². The molecular formula is C69H96O7. The molecule has 6 saturated carbocycles. The third-order valence-corrected chi connectivity index (χ3v) is 20.4. The lowest BCUT2D eigenvalue weighted by Crippen LogP contribution is -2.29. The monoisotopic (exact) mass is 1040 g/mol. The molecule has 0 radical (unpaired) electrons. The summed E-state index contributed by atoms with van der Waals surface area (Å²) in [5.41, 5.74) is 11.5. The highest BCUT2D eigenvalue weighted by Crippen LogP contribution is 2.70. The first-order valence-electron chi connectivity index (χ1n) is 30.5. The van der Waals surface area contributed by atoms with Crippen molar-refractivity contribution in [2.45, 2.75) is 226 Å². The molecule has 10 rings (SSSR count). The molecule has 0 amide bonds. The zero-order valence-corrected chi connectivity index (χ0v) is 48.4. The zero-order valence-electron chi connectivity index (χ0n) is 48.4. The second-order valence-corrected chi connectivity index (χ2v) is 26.5. The minimum Gasteiger partial charge on any atom is -0.508 e. The predicted molar refractivity (Wildman–Crippen MR) is 308 cm³/mol. The van der Waals surface area contributed by atoms with E-state index in [2.05, 4.69) is 64.1 Å². The molecule has 6 aliphatic rings. The van der Waals surface area contributed by atoms with Gasteiger partial charge in [-0.25, -0.2) is 4.79 Å². The highest BCUT2D eigenvalue weighted by molar-refractivity contribution is 5.75. The van der Waals surface area contributed by atoms with Crippen molar-refractivity contribution in [2.24, 2.45) is 47.3 Å². The molecule has 0 spiro atoms. The summed E-state index contributed by atoms with van der Waals surface area (Å²) in [7, 11) is 0. The van der Waals surface area contributed by atoms with Crippen LogP contribution in [0.25, 0.3) is 0 Å². The summed E-state index contributed by atoms with van der Waals surface area (Å²) in [4.78, 5) is 12.4. The first-order chi connectivity index (χ1) is 36.4. The van der Waals surface area contributed by atoms with Gasteiger partial charge in [0.25, 0.3) is 0 Å². The molecule has 6 fully saturated rings. The molecule has 76 heavy (non-hydrogen) atoms. The maximum atomic E-state index is 12.4. The molecule has 0 saturated heterocycles. The molecule has 7 nitrogen and oxygen atoms in total. The smallest absolute Gasteiger partial charge is 0.347 e. The minimum atomic E-state index is -0.601. The van der Waals surface area contributed by atoms with E-state index < -0.39 is 6.10 Å². The highest BCUT2D eigenvalue weighted by atomic mass is 16.6. The molecule has 0 heterocycles. The average molecular weight is 1040 g/mol. The second kappa shape index (κ2) is 23.8.